The van der Waals surface area contributed by atoms with E-state index < -0.39 is 0 Å². The van der Waals surface area contributed by atoms with Crippen LogP contribution in [0.15, 0.2) is 0 Å². The Bertz CT molecular complexity index is 314. The third kappa shape index (κ3) is 2.56. The average Bonchev–Trinajstić information content (AvgIpc) is 2.80. The molecule has 1 heterocycles. The molecule has 0 radical (unpaired) electrons. The van der Waals surface area contributed by atoms with Gasteiger partial charge >= 0.3 is 0 Å². The van der Waals surface area contributed by atoms with Gasteiger partial charge < -0.3 is 4.90 Å². The molecule has 0 aromatic rings. The van der Waals surface area contributed by atoms with Crippen molar-refractivity contribution in [2.45, 2.75) is 84.5 Å². The zero-order valence-corrected chi connectivity index (χ0v) is 12.3. The van der Waals surface area contributed by atoms with Crippen LogP contribution in [0.25, 0.3) is 0 Å². The smallest absolute Gasteiger partial charge is 0.241 e. The second-order valence-corrected chi connectivity index (χ2v) is 6.62. The number of nitrogens with zero attached hydrogens (tertiary/aromatic N) is 1. The van der Waals surface area contributed by atoms with Gasteiger partial charge in [-0.15, -0.1) is 0 Å². The van der Waals surface area contributed by atoms with Crippen LogP contribution >= 0.6 is 0 Å². The van der Waals surface area contributed by atoms with Crippen molar-refractivity contribution in [2.24, 2.45) is 5.41 Å². The third-order valence-electron chi connectivity index (χ3n) is 4.49. The van der Waals surface area contributed by atoms with Gasteiger partial charge in [0.05, 0.1) is 12.2 Å². The van der Waals surface area contributed by atoms with E-state index in [0.29, 0.717) is 17.4 Å². The fraction of sp³-hybridized carbons (Fsp3) is 0.933. The second-order valence-electron chi connectivity index (χ2n) is 6.62. The maximum Gasteiger partial charge on any atom is 0.241 e. The van der Waals surface area contributed by atoms with Crippen LogP contribution in [-0.4, -0.2) is 29.1 Å². The fourth-order valence-corrected chi connectivity index (χ4v) is 3.11. The summed E-state index contributed by atoms with van der Waals surface area (Å²) in [7, 11) is 0. The summed E-state index contributed by atoms with van der Waals surface area (Å²) >= 11 is 0. The van der Waals surface area contributed by atoms with Crippen molar-refractivity contribution in [1.82, 2.24) is 10.2 Å². The molecule has 1 saturated heterocycles. The van der Waals surface area contributed by atoms with E-state index >= 15 is 0 Å². The maximum atomic E-state index is 12.5. The minimum absolute atomic E-state index is 0.0814. The lowest BCUT2D eigenvalue weighted by Crippen LogP contribution is -2.40. The van der Waals surface area contributed by atoms with E-state index in [1.54, 1.807) is 0 Å². The van der Waals surface area contributed by atoms with Crippen LogP contribution in [-0.2, 0) is 4.79 Å². The molecule has 3 heteroatoms. The molecule has 1 aliphatic heterocycles. The molecular weight excluding hydrogens is 224 g/mol. The first-order chi connectivity index (χ1) is 8.51. The zero-order valence-electron chi connectivity index (χ0n) is 12.3. The summed E-state index contributed by atoms with van der Waals surface area (Å²) < 4.78 is 0. The van der Waals surface area contributed by atoms with E-state index in [4.69, 9.17) is 0 Å². The van der Waals surface area contributed by atoms with Crippen LogP contribution in [0.2, 0.25) is 0 Å². The molecule has 18 heavy (non-hydrogen) atoms. The van der Waals surface area contributed by atoms with Crippen molar-refractivity contribution in [3.05, 3.63) is 0 Å². The predicted molar refractivity (Wildman–Crippen MR) is 74.2 cm³/mol. The highest BCUT2D eigenvalue weighted by Gasteiger charge is 2.55. The van der Waals surface area contributed by atoms with Crippen molar-refractivity contribution < 1.29 is 4.79 Å². The zero-order chi connectivity index (χ0) is 13.3. The Hall–Kier alpha value is -0.570. The van der Waals surface area contributed by atoms with E-state index in [1.807, 2.05) is 0 Å². The van der Waals surface area contributed by atoms with Gasteiger partial charge in [-0.25, -0.2) is 0 Å². The number of unbranched alkanes of at least 4 members (excludes halogenated alkanes) is 1. The average molecular weight is 252 g/mol. The van der Waals surface area contributed by atoms with Gasteiger partial charge in [-0.2, -0.15) is 0 Å². The third-order valence-corrected chi connectivity index (χ3v) is 4.49. The van der Waals surface area contributed by atoms with Crippen molar-refractivity contribution >= 4 is 5.91 Å². The van der Waals surface area contributed by atoms with E-state index in [9.17, 15) is 4.79 Å². The van der Waals surface area contributed by atoms with Crippen LogP contribution in [0, 0.1) is 5.41 Å². The molecule has 0 bridgehead atoms. The van der Waals surface area contributed by atoms with Crippen LogP contribution in [0.3, 0.4) is 0 Å². The number of hydrogen-bond donors (Lipinski definition) is 1. The Morgan fingerprint density at radius 1 is 1.28 bits per heavy atom. The highest BCUT2D eigenvalue weighted by atomic mass is 16.2. The Labute approximate surface area is 111 Å². The molecule has 1 amide bonds. The largest absolute Gasteiger partial charge is 0.322 e. The number of amides is 1. The molecule has 3 unspecified atom stereocenters. The number of rotatable bonds is 6. The first-order valence-corrected chi connectivity index (χ1v) is 7.59. The summed E-state index contributed by atoms with van der Waals surface area (Å²) in [4.78, 5) is 14.7. The summed E-state index contributed by atoms with van der Waals surface area (Å²) in [6.07, 6.45) is 6.98. The Morgan fingerprint density at radius 2 is 1.94 bits per heavy atom. The molecule has 2 rings (SSSR count). The standard InChI is InChI=1S/C15H28N2O/c1-5-7-9-11-14(18)17(12-10-15(12,3)4)13(16-11)8-6-2/h11-13,16H,5-10H2,1-4H3. The molecule has 0 aromatic carbocycles. The quantitative estimate of drug-likeness (QED) is 0.788. The fourth-order valence-electron chi connectivity index (χ4n) is 3.11. The first kappa shape index (κ1) is 13.9. The minimum atomic E-state index is 0.0814. The number of carbonyl (C=O) groups is 1. The van der Waals surface area contributed by atoms with Crippen LogP contribution in [0.1, 0.15) is 66.2 Å². The molecule has 1 saturated carbocycles. The van der Waals surface area contributed by atoms with Gasteiger partial charge in [0.25, 0.3) is 0 Å². The molecule has 2 fully saturated rings. The highest BCUT2D eigenvalue weighted by Crippen LogP contribution is 2.50. The van der Waals surface area contributed by atoms with Crippen LogP contribution < -0.4 is 5.32 Å². The molecule has 0 spiro atoms. The van der Waals surface area contributed by atoms with Gasteiger partial charge in [0.1, 0.15) is 0 Å². The van der Waals surface area contributed by atoms with E-state index in [0.717, 1.165) is 25.7 Å². The van der Waals surface area contributed by atoms with Gasteiger partial charge in [0, 0.05) is 6.04 Å². The van der Waals surface area contributed by atoms with E-state index in [2.05, 4.69) is 37.9 Å². The predicted octanol–water partition coefficient (Wildman–Crippen LogP) is 2.90. The first-order valence-electron chi connectivity index (χ1n) is 7.59. The summed E-state index contributed by atoms with van der Waals surface area (Å²) in [5.41, 5.74) is 0.336. The molecule has 1 N–H and O–H groups in total. The lowest BCUT2D eigenvalue weighted by Gasteiger charge is -2.25. The Kier molecular flexibility index (Phi) is 4.00. The number of carbonyl (C=O) groups excluding carboxylic acids is 1. The molecule has 3 nitrogen and oxygen atoms in total. The molecule has 3 atom stereocenters. The minimum Gasteiger partial charge on any atom is -0.322 e. The van der Waals surface area contributed by atoms with Crippen molar-refractivity contribution in [3.63, 3.8) is 0 Å². The molecule has 1 aliphatic carbocycles. The lowest BCUT2D eigenvalue weighted by molar-refractivity contribution is -0.131. The molecule has 0 aromatic heterocycles. The summed E-state index contributed by atoms with van der Waals surface area (Å²) in [6, 6.07) is 0.554. The SMILES string of the molecule is CCCCC1NC(CCC)N(C2CC2(C)C)C1=O. The molecular formula is C15H28N2O. The molecule has 104 valence electrons. The Balaban J connectivity index is 2.03. The summed E-state index contributed by atoms with van der Waals surface area (Å²) in [6.45, 7) is 8.92. The van der Waals surface area contributed by atoms with Crippen LogP contribution in [0.4, 0.5) is 0 Å². The number of nitrogens with one attached hydrogen (secondary N) is 1. The van der Waals surface area contributed by atoms with Gasteiger partial charge in [-0.1, -0.05) is 47.0 Å². The summed E-state index contributed by atoms with van der Waals surface area (Å²) in [5.74, 6) is 0.359. The maximum absolute atomic E-state index is 12.5. The van der Waals surface area contributed by atoms with Gasteiger partial charge in [-0.05, 0) is 24.7 Å². The lowest BCUT2D eigenvalue weighted by atomic mass is 10.1. The van der Waals surface area contributed by atoms with Gasteiger partial charge in [0.2, 0.25) is 5.91 Å². The number of hydrogen-bond acceptors (Lipinski definition) is 2. The monoisotopic (exact) mass is 252 g/mol. The molecule has 2 aliphatic rings. The van der Waals surface area contributed by atoms with Crippen LogP contribution in [0.5, 0.6) is 0 Å². The van der Waals surface area contributed by atoms with E-state index in [1.165, 1.54) is 12.8 Å². The van der Waals surface area contributed by atoms with Crippen molar-refractivity contribution in [2.75, 3.05) is 0 Å². The highest BCUT2D eigenvalue weighted by molar-refractivity contribution is 5.85. The van der Waals surface area contributed by atoms with Crippen molar-refractivity contribution in [1.29, 1.82) is 0 Å². The van der Waals surface area contributed by atoms with Gasteiger partial charge in [-0.3, -0.25) is 10.1 Å². The van der Waals surface area contributed by atoms with Gasteiger partial charge in [0.15, 0.2) is 0 Å². The Morgan fingerprint density at radius 3 is 2.44 bits per heavy atom. The summed E-state index contributed by atoms with van der Waals surface area (Å²) in [5, 5.41) is 3.56. The van der Waals surface area contributed by atoms with Crippen molar-refractivity contribution in [3.8, 4) is 0 Å². The topological polar surface area (TPSA) is 32.3 Å². The normalized spacial score (nSPS) is 34.1. The van der Waals surface area contributed by atoms with E-state index in [-0.39, 0.29) is 12.2 Å². The second kappa shape index (κ2) is 5.20.